The Morgan fingerprint density at radius 2 is 1.79 bits per heavy atom. The van der Waals surface area contributed by atoms with E-state index in [0.29, 0.717) is 27.6 Å². The van der Waals surface area contributed by atoms with Crippen LogP contribution < -0.4 is 4.74 Å². The first-order valence-electron chi connectivity index (χ1n) is 5.58. The van der Waals surface area contributed by atoms with Gasteiger partial charge in [0.05, 0.1) is 16.7 Å². The Bertz CT molecular complexity index is 657. The van der Waals surface area contributed by atoms with Crippen molar-refractivity contribution >= 4 is 17.4 Å². The number of carbonyl (C=O) groups is 1. The molecular weight excluding hydrogens is 262 g/mol. The molecule has 0 aliphatic rings. The van der Waals surface area contributed by atoms with Crippen LogP contribution in [0, 0.1) is 11.3 Å². The van der Waals surface area contributed by atoms with Gasteiger partial charge in [0.25, 0.3) is 0 Å². The number of ether oxygens (including phenoxy) is 1. The third-order valence-corrected chi connectivity index (χ3v) is 2.85. The van der Waals surface area contributed by atoms with Gasteiger partial charge >= 0.3 is 0 Å². The lowest BCUT2D eigenvalue weighted by Gasteiger charge is -2.07. The van der Waals surface area contributed by atoms with E-state index in [1.165, 1.54) is 6.92 Å². The van der Waals surface area contributed by atoms with E-state index in [0.717, 1.165) is 0 Å². The average molecular weight is 272 g/mol. The van der Waals surface area contributed by atoms with Crippen LogP contribution in [0.25, 0.3) is 0 Å². The Labute approximate surface area is 116 Å². The van der Waals surface area contributed by atoms with Gasteiger partial charge in [-0.3, -0.25) is 4.79 Å². The van der Waals surface area contributed by atoms with Crippen LogP contribution in [0.1, 0.15) is 22.8 Å². The first-order chi connectivity index (χ1) is 9.10. The number of nitriles is 1. The van der Waals surface area contributed by atoms with E-state index in [-0.39, 0.29) is 5.78 Å². The molecule has 19 heavy (non-hydrogen) atoms. The molecule has 0 spiro atoms. The highest BCUT2D eigenvalue weighted by molar-refractivity contribution is 6.34. The van der Waals surface area contributed by atoms with Crippen molar-refractivity contribution in [3.63, 3.8) is 0 Å². The maximum atomic E-state index is 11.3. The van der Waals surface area contributed by atoms with E-state index >= 15 is 0 Å². The average Bonchev–Trinajstić information content (AvgIpc) is 2.39. The van der Waals surface area contributed by atoms with Crippen molar-refractivity contribution in [2.45, 2.75) is 6.92 Å². The van der Waals surface area contributed by atoms with Crippen molar-refractivity contribution in [2.24, 2.45) is 0 Å². The minimum atomic E-state index is -0.0880. The van der Waals surface area contributed by atoms with E-state index in [1.54, 1.807) is 42.5 Å². The predicted octanol–water partition coefficient (Wildman–Crippen LogP) is 4.21. The zero-order valence-corrected chi connectivity index (χ0v) is 10.9. The summed E-state index contributed by atoms with van der Waals surface area (Å²) in [6, 6.07) is 13.7. The Balaban J connectivity index is 2.21. The van der Waals surface area contributed by atoms with Crippen LogP contribution >= 0.6 is 11.6 Å². The van der Waals surface area contributed by atoms with E-state index in [1.807, 2.05) is 6.07 Å². The summed E-state index contributed by atoms with van der Waals surface area (Å²) in [4.78, 5) is 11.3. The number of nitrogens with zero attached hydrogens (tertiary/aromatic N) is 1. The molecule has 0 aromatic heterocycles. The highest BCUT2D eigenvalue weighted by atomic mass is 35.5. The van der Waals surface area contributed by atoms with Gasteiger partial charge in [-0.05, 0) is 43.3 Å². The SMILES string of the molecule is CC(=O)c1ccc(Oc2ccc(C#N)cc2)cc1Cl. The van der Waals surface area contributed by atoms with Crippen LogP contribution in [0.4, 0.5) is 0 Å². The number of ketones is 1. The standard InChI is InChI=1S/C15H10ClNO2/c1-10(18)14-7-6-13(8-15(14)16)19-12-4-2-11(9-17)3-5-12/h2-8H,1H3. The first-order valence-corrected chi connectivity index (χ1v) is 5.96. The predicted molar refractivity (Wildman–Crippen MR) is 72.7 cm³/mol. The van der Waals surface area contributed by atoms with Gasteiger partial charge in [-0.15, -0.1) is 0 Å². The van der Waals surface area contributed by atoms with E-state index < -0.39 is 0 Å². The second kappa shape index (κ2) is 5.55. The first kappa shape index (κ1) is 13.1. The highest BCUT2D eigenvalue weighted by Crippen LogP contribution is 2.27. The fourth-order valence-electron chi connectivity index (χ4n) is 1.58. The Morgan fingerprint density at radius 1 is 1.16 bits per heavy atom. The Morgan fingerprint density at radius 3 is 2.32 bits per heavy atom. The lowest BCUT2D eigenvalue weighted by molar-refractivity contribution is 0.101. The molecule has 0 fully saturated rings. The van der Waals surface area contributed by atoms with Gasteiger partial charge in [-0.1, -0.05) is 11.6 Å². The van der Waals surface area contributed by atoms with Crippen LogP contribution in [0.15, 0.2) is 42.5 Å². The highest BCUT2D eigenvalue weighted by Gasteiger charge is 2.07. The van der Waals surface area contributed by atoms with E-state index in [9.17, 15) is 4.79 Å². The molecule has 0 saturated carbocycles. The lowest BCUT2D eigenvalue weighted by atomic mass is 10.1. The van der Waals surface area contributed by atoms with Crippen molar-refractivity contribution in [1.29, 1.82) is 5.26 Å². The van der Waals surface area contributed by atoms with Gasteiger partial charge in [0.2, 0.25) is 0 Å². The summed E-state index contributed by atoms with van der Waals surface area (Å²) in [6.45, 7) is 1.46. The van der Waals surface area contributed by atoms with Crippen LogP contribution in [-0.4, -0.2) is 5.78 Å². The van der Waals surface area contributed by atoms with Crippen LogP contribution in [0.2, 0.25) is 5.02 Å². The quantitative estimate of drug-likeness (QED) is 0.786. The van der Waals surface area contributed by atoms with Gasteiger partial charge in [-0.2, -0.15) is 5.26 Å². The molecular formula is C15H10ClNO2. The number of hydrogen-bond acceptors (Lipinski definition) is 3. The normalized spacial score (nSPS) is 9.74. The van der Waals surface area contributed by atoms with Crippen molar-refractivity contribution in [1.82, 2.24) is 0 Å². The summed E-state index contributed by atoms with van der Waals surface area (Å²) in [5, 5.41) is 9.06. The lowest BCUT2D eigenvalue weighted by Crippen LogP contribution is -1.93. The van der Waals surface area contributed by atoms with Crippen molar-refractivity contribution < 1.29 is 9.53 Å². The molecule has 0 radical (unpaired) electrons. The molecule has 0 atom stereocenters. The molecule has 4 heteroatoms. The molecule has 94 valence electrons. The second-order valence-corrected chi connectivity index (χ2v) is 4.34. The summed E-state index contributed by atoms with van der Waals surface area (Å²) < 4.78 is 5.59. The second-order valence-electron chi connectivity index (χ2n) is 3.94. The molecule has 0 bridgehead atoms. The number of carbonyl (C=O) groups excluding carboxylic acids is 1. The fourth-order valence-corrected chi connectivity index (χ4v) is 1.88. The summed E-state index contributed by atoms with van der Waals surface area (Å²) in [5.74, 6) is 1.06. The van der Waals surface area contributed by atoms with Gasteiger partial charge in [0.1, 0.15) is 11.5 Å². The summed E-state index contributed by atoms with van der Waals surface area (Å²) in [5.41, 5.74) is 1.03. The summed E-state index contributed by atoms with van der Waals surface area (Å²) >= 11 is 5.99. The monoisotopic (exact) mass is 271 g/mol. The molecule has 0 saturated heterocycles. The number of Topliss-reactive ketones (excluding diaryl/α,β-unsaturated/α-hetero) is 1. The number of rotatable bonds is 3. The fraction of sp³-hybridized carbons (Fsp3) is 0.0667. The Kier molecular flexibility index (Phi) is 3.84. The molecule has 0 unspecified atom stereocenters. The molecule has 0 N–H and O–H groups in total. The van der Waals surface area contributed by atoms with Crippen LogP contribution in [-0.2, 0) is 0 Å². The molecule has 2 rings (SSSR count). The molecule has 0 heterocycles. The zero-order valence-electron chi connectivity index (χ0n) is 10.2. The molecule has 0 amide bonds. The third kappa shape index (κ3) is 3.12. The molecule has 2 aromatic carbocycles. The number of hydrogen-bond donors (Lipinski definition) is 0. The minimum Gasteiger partial charge on any atom is -0.457 e. The molecule has 0 aliphatic heterocycles. The number of benzene rings is 2. The van der Waals surface area contributed by atoms with Crippen molar-refractivity contribution in [3.05, 3.63) is 58.6 Å². The van der Waals surface area contributed by atoms with Crippen molar-refractivity contribution in [2.75, 3.05) is 0 Å². The minimum absolute atomic E-state index is 0.0880. The topological polar surface area (TPSA) is 50.1 Å². The smallest absolute Gasteiger partial charge is 0.161 e. The largest absolute Gasteiger partial charge is 0.457 e. The summed E-state index contributed by atoms with van der Waals surface area (Å²) in [6.07, 6.45) is 0. The number of halogens is 1. The molecule has 0 aliphatic carbocycles. The van der Waals surface area contributed by atoms with E-state index in [2.05, 4.69) is 0 Å². The van der Waals surface area contributed by atoms with Gasteiger partial charge < -0.3 is 4.74 Å². The summed E-state index contributed by atoms with van der Waals surface area (Å²) in [7, 11) is 0. The van der Waals surface area contributed by atoms with Crippen molar-refractivity contribution in [3.8, 4) is 17.6 Å². The molecule has 3 nitrogen and oxygen atoms in total. The van der Waals surface area contributed by atoms with Gasteiger partial charge in [-0.25, -0.2) is 0 Å². The third-order valence-electron chi connectivity index (χ3n) is 2.54. The molecule has 2 aromatic rings. The maximum absolute atomic E-state index is 11.3. The zero-order chi connectivity index (χ0) is 13.8. The van der Waals surface area contributed by atoms with Crippen LogP contribution in [0.3, 0.4) is 0 Å². The van der Waals surface area contributed by atoms with E-state index in [4.69, 9.17) is 21.6 Å². The Hall–Kier alpha value is -2.31. The van der Waals surface area contributed by atoms with Gasteiger partial charge in [0, 0.05) is 11.6 Å². The van der Waals surface area contributed by atoms with Gasteiger partial charge in [0.15, 0.2) is 5.78 Å². The van der Waals surface area contributed by atoms with Crippen LogP contribution in [0.5, 0.6) is 11.5 Å². The maximum Gasteiger partial charge on any atom is 0.161 e.